The van der Waals surface area contributed by atoms with Crippen molar-refractivity contribution in [3.63, 3.8) is 0 Å². The molecule has 3 nitrogen and oxygen atoms in total. The normalized spacial score (nSPS) is 20.4. The van der Waals surface area contributed by atoms with Crippen molar-refractivity contribution >= 4 is 5.91 Å². The van der Waals surface area contributed by atoms with E-state index < -0.39 is 0 Å². The Kier molecular flexibility index (Phi) is 3.79. The van der Waals surface area contributed by atoms with Gasteiger partial charge in [0, 0.05) is 19.1 Å². The highest BCUT2D eigenvalue weighted by molar-refractivity contribution is 5.78. The molecule has 3 heteroatoms. The standard InChI is InChI=1S/C14H20N2O/c1-11-4-6-12(7-5-11)9-14(17)16-8-2-3-13(15)10-16/h4-7,13H,2-3,8-10,15H2,1H3/t13-/m0/s1. The second kappa shape index (κ2) is 5.32. The van der Waals surface area contributed by atoms with Gasteiger partial charge in [0.2, 0.25) is 5.91 Å². The highest BCUT2D eigenvalue weighted by atomic mass is 16.2. The van der Waals surface area contributed by atoms with E-state index in [1.54, 1.807) is 0 Å². The van der Waals surface area contributed by atoms with Crippen LogP contribution in [0.15, 0.2) is 24.3 Å². The summed E-state index contributed by atoms with van der Waals surface area (Å²) in [5.74, 6) is 0.198. The molecule has 2 rings (SSSR count). The van der Waals surface area contributed by atoms with Crippen molar-refractivity contribution in [3.05, 3.63) is 35.4 Å². The molecule has 0 unspecified atom stereocenters. The van der Waals surface area contributed by atoms with Gasteiger partial charge >= 0.3 is 0 Å². The maximum atomic E-state index is 12.1. The minimum atomic E-state index is 0.158. The molecule has 1 atom stereocenters. The molecular weight excluding hydrogens is 212 g/mol. The van der Waals surface area contributed by atoms with Gasteiger partial charge in [-0.1, -0.05) is 29.8 Å². The van der Waals surface area contributed by atoms with Crippen LogP contribution in [0.3, 0.4) is 0 Å². The Morgan fingerprint density at radius 2 is 2.12 bits per heavy atom. The van der Waals surface area contributed by atoms with Crippen LogP contribution in [0.25, 0.3) is 0 Å². The summed E-state index contributed by atoms with van der Waals surface area (Å²) in [7, 11) is 0. The Labute approximate surface area is 103 Å². The van der Waals surface area contributed by atoms with Gasteiger partial charge in [-0.3, -0.25) is 4.79 Å². The molecule has 0 aliphatic carbocycles. The third-order valence-electron chi connectivity index (χ3n) is 3.29. The number of amides is 1. The van der Waals surface area contributed by atoms with Crippen LogP contribution >= 0.6 is 0 Å². The van der Waals surface area contributed by atoms with E-state index >= 15 is 0 Å². The van der Waals surface area contributed by atoms with Gasteiger partial charge in [0.1, 0.15) is 0 Å². The second-order valence-electron chi connectivity index (χ2n) is 4.90. The summed E-state index contributed by atoms with van der Waals surface area (Å²) in [4.78, 5) is 14.0. The van der Waals surface area contributed by atoms with Crippen molar-refractivity contribution in [2.24, 2.45) is 5.73 Å². The van der Waals surface area contributed by atoms with E-state index in [1.807, 2.05) is 29.2 Å². The Morgan fingerprint density at radius 3 is 2.76 bits per heavy atom. The number of benzene rings is 1. The zero-order chi connectivity index (χ0) is 12.3. The summed E-state index contributed by atoms with van der Waals surface area (Å²) < 4.78 is 0. The number of hydrogen-bond acceptors (Lipinski definition) is 2. The van der Waals surface area contributed by atoms with E-state index in [-0.39, 0.29) is 11.9 Å². The Morgan fingerprint density at radius 1 is 1.41 bits per heavy atom. The molecule has 2 N–H and O–H groups in total. The van der Waals surface area contributed by atoms with Crippen LogP contribution in [0.1, 0.15) is 24.0 Å². The van der Waals surface area contributed by atoms with E-state index in [1.165, 1.54) is 5.56 Å². The summed E-state index contributed by atoms with van der Waals surface area (Å²) in [5.41, 5.74) is 8.19. The number of aryl methyl sites for hydroxylation is 1. The zero-order valence-corrected chi connectivity index (χ0v) is 10.4. The number of carbonyl (C=O) groups is 1. The van der Waals surface area contributed by atoms with E-state index in [0.29, 0.717) is 13.0 Å². The Bertz CT molecular complexity index is 386. The number of nitrogens with zero attached hydrogens (tertiary/aromatic N) is 1. The molecule has 1 aliphatic heterocycles. The summed E-state index contributed by atoms with van der Waals surface area (Å²) in [5, 5.41) is 0. The van der Waals surface area contributed by atoms with Crippen LogP contribution in [-0.2, 0) is 11.2 Å². The van der Waals surface area contributed by atoms with Crippen molar-refractivity contribution in [1.82, 2.24) is 4.90 Å². The van der Waals surface area contributed by atoms with E-state index in [2.05, 4.69) is 6.92 Å². The molecule has 0 spiro atoms. The van der Waals surface area contributed by atoms with E-state index in [0.717, 1.165) is 24.9 Å². The molecule has 1 fully saturated rings. The fraction of sp³-hybridized carbons (Fsp3) is 0.500. The van der Waals surface area contributed by atoms with Crippen LogP contribution in [0.2, 0.25) is 0 Å². The Balaban J connectivity index is 1.94. The van der Waals surface area contributed by atoms with Crippen LogP contribution in [0, 0.1) is 6.92 Å². The minimum Gasteiger partial charge on any atom is -0.341 e. The number of piperidine rings is 1. The highest BCUT2D eigenvalue weighted by Gasteiger charge is 2.20. The maximum absolute atomic E-state index is 12.1. The van der Waals surface area contributed by atoms with Crippen molar-refractivity contribution in [3.8, 4) is 0 Å². The van der Waals surface area contributed by atoms with Gasteiger partial charge in [0.15, 0.2) is 0 Å². The topological polar surface area (TPSA) is 46.3 Å². The minimum absolute atomic E-state index is 0.158. The largest absolute Gasteiger partial charge is 0.341 e. The van der Waals surface area contributed by atoms with Gasteiger partial charge in [-0.15, -0.1) is 0 Å². The summed E-state index contributed by atoms with van der Waals surface area (Å²) in [6.45, 7) is 3.62. The molecule has 0 bridgehead atoms. The molecule has 92 valence electrons. The maximum Gasteiger partial charge on any atom is 0.227 e. The fourth-order valence-electron chi connectivity index (χ4n) is 2.23. The highest BCUT2D eigenvalue weighted by Crippen LogP contribution is 2.11. The van der Waals surface area contributed by atoms with Gasteiger partial charge in [0.25, 0.3) is 0 Å². The third-order valence-corrected chi connectivity index (χ3v) is 3.29. The molecule has 0 saturated carbocycles. The molecule has 0 aromatic heterocycles. The number of rotatable bonds is 2. The molecule has 17 heavy (non-hydrogen) atoms. The monoisotopic (exact) mass is 232 g/mol. The lowest BCUT2D eigenvalue weighted by Crippen LogP contribution is -2.46. The molecule has 0 radical (unpaired) electrons. The van der Waals surface area contributed by atoms with Crippen molar-refractivity contribution < 1.29 is 4.79 Å². The predicted octanol–water partition coefficient (Wildman–Crippen LogP) is 1.49. The molecular formula is C14H20N2O. The van der Waals surface area contributed by atoms with Crippen molar-refractivity contribution in [1.29, 1.82) is 0 Å². The van der Waals surface area contributed by atoms with Crippen LogP contribution in [0.5, 0.6) is 0 Å². The van der Waals surface area contributed by atoms with Crippen LogP contribution < -0.4 is 5.73 Å². The van der Waals surface area contributed by atoms with Crippen LogP contribution in [-0.4, -0.2) is 29.9 Å². The number of carbonyl (C=O) groups excluding carboxylic acids is 1. The first kappa shape index (κ1) is 12.1. The molecule has 1 amide bonds. The number of hydrogen-bond donors (Lipinski definition) is 1. The molecule has 1 saturated heterocycles. The Hall–Kier alpha value is -1.35. The quantitative estimate of drug-likeness (QED) is 0.839. The average Bonchev–Trinajstić information content (AvgIpc) is 2.32. The fourth-order valence-corrected chi connectivity index (χ4v) is 2.23. The molecule has 1 aromatic rings. The summed E-state index contributed by atoms with van der Waals surface area (Å²) in [6, 6.07) is 8.30. The predicted molar refractivity (Wildman–Crippen MR) is 68.7 cm³/mol. The molecule has 1 aromatic carbocycles. The molecule has 1 aliphatic rings. The summed E-state index contributed by atoms with van der Waals surface area (Å²) >= 11 is 0. The van der Waals surface area contributed by atoms with E-state index in [4.69, 9.17) is 5.73 Å². The number of likely N-dealkylation sites (tertiary alicyclic amines) is 1. The SMILES string of the molecule is Cc1ccc(CC(=O)N2CCC[C@H](N)C2)cc1. The van der Waals surface area contributed by atoms with Gasteiger partial charge in [-0.25, -0.2) is 0 Å². The lowest BCUT2D eigenvalue weighted by Gasteiger charge is -2.30. The zero-order valence-electron chi connectivity index (χ0n) is 10.4. The van der Waals surface area contributed by atoms with E-state index in [9.17, 15) is 4.79 Å². The average molecular weight is 232 g/mol. The van der Waals surface area contributed by atoms with Gasteiger partial charge < -0.3 is 10.6 Å². The first-order chi connectivity index (χ1) is 8.15. The summed E-state index contributed by atoms with van der Waals surface area (Å²) in [6.07, 6.45) is 2.56. The van der Waals surface area contributed by atoms with Crippen LogP contribution in [0.4, 0.5) is 0 Å². The number of nitrogens with two attached hydrogens (primary N) is 1. The lowest BCUT2D eigenvalue weighted by molar-refractivity contribution is -0.131. The van der Waals surface area contributed by atoms with Crippen molar-refractivity contribution in [2.45, 2.75) is 32.2 Å². The van der Waals surface area contributed by atoms with Crippen molar-refractivity contribution in [2.75, 3.05) is 13.1 Å². The second-order valence-corrected chi connectivity index (χ2v) is 4.90. The third kappa shape index (κ3) is 3.30. The molecule has 1 heterocycles. The van der Waals surface area contributed by atoms with Gasteiger partial charge in [-0.05, 0) is 25.3 Å². The first-order valence-corrected chi connectivity index (χ1v) is 6.24. The van der Waals surface area contributed by atoms with Gasteiger partial charge in [-0.2, -0.15) is 0 Å². The lowest BCUT2D eigenvalue weighted by atomic mass is 10.0. The van der Waals surface area contributed by atoms with Gasteiger partial charge in [0.05, 0.1) is 6.42 Å². The smallest absolute Gasteiger partial charge is 0.227 e. The first-order valence-electron chi connectivity index (χ1n) is 6.24.